The van der Waals surface area contributed by atoms with Crippen molar-refractivity contribution in [1.29, 1.82) is 0 Å². The molecule has 0 bridgehead atoms. The zero-order valence-corrected chi connectivity index (χ0v) is 16.2. The van der Waals surface area contributed by atoms with Crippen molar-refractivity contribution in [3.8, 4) is 22.6 Å². The van der Waals surface area contributed by atoms with E-state index < -0.39 is 0 Å². The van der Waals surface area contributed by atoms with Crippen LogP contribution in [0.5, 0.6) is 11.5 Å². The van der Waals surface area contributed by atoms with Crippen molar-refractivity contribution in [3.05, 3.63) is 82.4 Å². The number of aromatic nitrogens is 3. The molecule has 148 valence electrons. The lowest BCUT2D eigenvalue weighted by molar-refractivity contribution is 0.181. The predicted octanol–water partition coefficient (Wildman–Crippen LogP) is 3.42. The van der Waals surface area contributed by atoms with Crippen LogP contribution < -0.4 is 15.0 Å². The fourth-order valence-corrected chi connectivity index (χ4v) is 3.19. The van der Waals surface area contributed by atoms with Crippen molar-refractivity contribution in [3.63, 3.8) is 0 Å². The Hall–Kier alpha value is -3.58. The smallest absolute Gasteiger partial charge is 0.273 e. The van der Waals surface area contributed by atoms with Gasteiger partial charge in [-0.3, -0.25) is 9.89 Å². The lowest BCUT2D eigenvalue weighted by atomic mass is 10.1. The highest BCUT2D eigenvalue weighted by atomic mass is 16.5. The van der Waals surface area contributed by atoms with Crippen LogP contribution in [0.2, 0.25) is 0 Å². The average Bonchev–Trinajstić information content (AvgIpc) is 3.12. The minimum absolute atomic E-state index is 0.197. The van der Waals surface area contributed by atoms with Gasteiger partial charge in [0.25, 0.3) is 5.56 Å². The lowest BCUT2D eigenvalue weighted by Gasteiger charge is -2.07. The number of fused-ring (bicyclic) bond motifs is 1. The van der Waals surface area contributed by atoms with E-state index in [1.807, 2.05) is 54.6 Å². The zero-order valence-electron chi connectivity index (χ0n) is 16.2. The fraction of sp³-hybridized carbons (Fsp3) is 0.182. The number of H-pyrrole nitrogens is 1. The molecule has 1 N–H and O–H groups in total. The molecule has 0 fully saturated rings. The number of para-hydroxylation sites is 1. The molecule has 0 atom stereocenters. The summed E-state index contributed by atoms with van der Waals surface area (Å²) in [5.74, 6) is 1.47. The largest absolute Gasteiger partial charge is 0.497 e. The van der Waals surface area contributed by atoms with Crippen LogP contribution in [0.4, 0.5) is 0 Å². The van der Waals surface area contributed by atoms with E-state index in [9.17, 15) is 4.79 Å². The summed E-state index contributed by atoms with van der Waals surface area (Å²) in [6.45, 7) is 0.516. The normalized spacial score (nSPS) is 11.0. The fourth-order valence-electron chi connectivity index (χ4n) is 3.19. The lowest BCUT2D eigenvalue weighted by Crippen LogP contribution is -2.16. The van der Waals surface area contributed by atoms with E-state index in [2.05, 4.69) is 5.10 Å². The van der Waals surface area contributed by atoms with Crippen LogP contribution in [-0.2, 0) is 18.0 Å². The van der Waals surface area contributed by atoms with Crippen molar-refractivity contribution in [2.24, 2.45) is 0 Å². The molecule has 0 saturated heterocycles. The second-order valence-electron chi connectivity index (χ2n) is 6.47. The van der Waals surface area contributed by atoms with Crippen LogP contribution in [0.1, 0.15) is 11.4 Å². The Bertz CT molecular complexity index is 1160. The van der Waals surface area contributed by atoms with Crippen LogP contribution in [0.15, 0.2) is 65.5 Å². The molecule has 4 aromatic rings. The number of benzene rings is 2. The molecule has 0 aliphatic carbocycles. The van der Waals surface area contributed by atoms with Gasteiger partial charge in [-0.2, -0.15) is 0 Å². The summed E-state index contributed by atoms with van der Waals surface area (Å²) in [6, 6.07) is 18.5. The Labute approximate surface area is 167 Å². The molecule has 0 unspecified atom stereocenters. The molecule has 7 nitrogen and oxygen atoms in total. The molecule has 0 aliphatic heterocycles. The van der Waals surface area contributed by atoms with E-state index in [-0.39, 0.29) is 12.2 Å². The highest BCUT2D eigenvalue weighted by Gasteiger charge is 2.17. The number of hydrogen-bond acceptors (Lipinski definition) is 5. The van der Waals surface area contributed by atoms with Gasteiger partial charge in [-0.1, -0.05) is 30.3 Å². The minimum atomic E-state index is -0.209. The Morgan fingerprint density at radius 3 is 2.41 bits per heavy atom. The number of nitrogens with one attached hydrogen (secondary N) is 1. The summed E-state index contributed by atoms with van der Waals surface area (Å²) < 4.78 is 17.8. The maximum Gasteiger partial charge on any atom is 0.273 e. The summed E-state index contributed by atoms with van der Waals surface area (Å²) in [4.78, 5) is 17.4. The summed E-state index contributed by atoms with van der Waals surface area (Å²) in [5, 5.41) is 3.11. The summed E-state index contributed by atoms with van der Waals surface area (Å²) in [7, 11) is 3.23. The molecule has 0 spiro atoms. The van der Waals surface area contributed by atoms with Crippen LogP contribution in [0.3, 0.4) is 0 Å². The molecule has 0 saturated carbocycles. The molecule has 2 aromatic carbocycles. The Kier molecular flexibility index (Phi) is 5.31. The Morgan fingerprint density at radius 2 is 1.72 bits per heavy atom. The Morgan fingerprint density at radius 1 is 0.966 bits per heavy atom. The highest BCUT2D eigenvalue weighted by molar-refractivity contribution is 5.80. The van der Waals surface area contributed by atoms with Gasteiger partial charge in [-0.05, 0) is 29.8 Å². The van der Waals surface area contributed by atoms with Gasteiger partial charge >= 0.3 is 0 Å². The number of methoxy groups -OCH3 is 2. The first kappa shape index (κ1) is 18.8. The van der Waals surface area contributed by atoms with Gasteiger partial charge in [-0.15, -0.1) is 0 Å². The van der Waals surface area contributed by atoms with Crippen LogP contribution >= 0.6 is 0 Å². The summed E-state index contributed by atoms with van der Waals surface area (Å²) in [6.07, 6.45) is 0. The van der Waals surface area contributed by atoms with Crippen molar-refractivity contribution in [2.75, 3.05) is 14.2 Å². The molecule has 0 amide bonds. The summed E-state index contributed by atoms with van der Waals surface area (Å²) >= 11 is 0. The van der Waals surface area contributed by atoms with Gasteiger partial charge in [0.2, 0.25) is 0 Å². The van der Waals surface area contributed by atoms with E-state index in [0.717, 1.165) is 28.3 Å². The van der Waals surface area contributed by atoms with Gasteiger partial charge in [0.15, 0.2) is 5.65 Å². The Balaban J connectivity index is 1.78. The number of ether oxygens (including phenoxy) is 3. The van der Waals surface area contributed by atoms with E-state index in [1.165, 1.54) is 10.6 Å². The topological polar surface area (TPSA) is 77.9 Å². The second-order valence-corrected chi connectivity index (χ2v) is 6.47. The van der Waals surface area contributed by atoms with E-state index >= 15 is 0 Å². The number of hydrogen-bond donors (Lipinski definition) is 1. The highest BCUT2D eigenvalue weighted by Crippen LogP contribution is 2.29. The summed E-state index contributed by atoms with van der Waals surface area (Å²) in [5.41, 5.74) is 3.36. The SMILES string of the molecule is COCc1[nH]n2c(=O)cc(COc3ccccc3)nc2c1-c1ccc(OC)cc1. The van der Waals surface area contributed by atoms with E-state index in [1.54, 1.807) is 14.2 Å². The number of nitrogens with zero attached hydrogens (tertiary/aromatic N) is 2. The maximum atomic E-state index is 12.7. The van der Waals surface area contributed by atoms with E-state index in [4.69, 9.17) is 19.2 Å². The van der Waals surface area contributed by atoms with Gasteiger partial charge < -0.3 is 14.2 Å². The first-order valence-corrected chi connectivity index (χ1v) is 9.14. The van der Waals surface area contributed by atoms with Crippen molar-refractivity contribution >= 4 is 5.65 Å². The average molecular weight is 391 g/mol. The molecule has 7 heteroatoms. The quantitative estimate of drug-likeness (QED) is 0.522. The molecule has 2 aromatic heterocycles. The third kappa shape index (κ3) is 3.86. The van der Waals surface area contributed by atoms with Gasteiger partial charge in [0.05, 0.1) is 25.1 Å². The molecular weight excluding hydrogens is 370 g/mol. The zero-order chi connectivity index (χ0) is 20.2. The van der Waals surface area contributed by atoms with Crippen LogP contribution in [0, 0.1) is 0 Å². The molecule has 0 aliphatic rings. The van der Waals surface area contributed by atoms with Crippen LogP contribution in [-0.4, -0.2) is 28.8 Å². The molecule has 4 rings (SSSR count). The first-order chi connectivity index (χ1) is 14.2. The molecule has 29 heavy (non-hydrogen) atoms. The van der Waals surface area contributed by atoms with Gasteiger partial charge in [0.1, 0.15) is 18.1 Å². The third-order valence-corrected chi connectivity index (χ3v) is 4.54. The van der Waals surface area contributed by atoms with Gasteiger partial charge in [0, 0.05) is 18.7 Å². The standard InChI is InChI=1S/C22H21N3O4/c1-27-14-19-21(15-8-10-17(28-2)11-9-15)22-23-16(12-20(26)25(22)24-19)13-29-18-6-4-3-5-7-18/h3-12,24H,13-14H2,1-2H3. The van der Waals surface area contributed by atoms with Crippen molar-refractivity contribution in [2.45, 2.75) is 13.2 Å². The minimum Gasteiger partial charge on any atom is -0.497 e. The van der Waals surface area contributed by atoms with Crippen LogP contribution in [0.25, 0.3) is 16.8 Å². The number of aromatic amines is 1. The third-order valence-electron chi connectivity index (χ3n) is 4.54. The monoisotopic (exact) mass is 391 g/mol. The molecule has 0 radical (unpaired) electrons. The van der Waals surface area contributed by atoms with Crippen molar-refractivity contribution in [1.82, 2.24) is 14.6 Å². The first-order valence-electron chi connectivity index (χ1n) is 9.14. The van der Waals surface area contributed by atoms with Crippen molar-refractivity contribution < 1.29 is 14.2 Å². The second kappa shape index (κ2) is 8.20. The van der Waals surface area contributed by atoms with Gasteiger partial charge in [-0.25, -0.2) is 9.50 Å². The predicted molar refractivity (Wildman–Crippen MR) is 109 cm³/mol. The molecular formula is C22H21N3O4. The molecule has 2 heterocycles. The maximum absolute atomic E-state index is 12.7. The van der Waals surface area contributed by atoms with E-state index in [0.29, 0.717) is 17.9 Å². The number of rotatable bonds is 7.